The molecule has 2 heterocycles. The van der Waals surface area contributed by atoms with Gasteiger partial charge >= 0.3 is 0 Å². The Bertz CT molecular complexity index is 1540. The van der Waals surface area contributed by atoms with Crippen molar-refractivity contribution in [3.63, 3.8) is 0 Å². The van der Waals surface area contributed by atoms with Gasteiger partial charge in [-0.15, -0.1) is 0 Å². The number of carbonyl (C=O) groups is 1. The Balaban J connectivity index is 1.56. The maximum atomic E-state index is 13.1. The Kier molecular flexibility index (Phi) is 8.14. The van der Waals surface area contributed by atoms with Crippen molar-refractivity contribution in [3.8, 4) is 0 Å². The van der Waals surface area contributed by atoms with Gasteiger partial charge in [0, 0.05) is 36.0 Å². The van der Waals surface area contributed by atoms with Gasteiger partial charge in [-0.2, -0.15) is 0 Å². The molecule has 0 aliphatic heterocycles. The molecule has 10 nitrogen and oxygen atoms in total. The van der Waals surface area contributed by atoms with E-state index >= 15 is 0 Å². The molecule has 5 N–H and O–H groups in total. The predicted molar refractivity (Wildman–Crippen MR) is 156 cm³/mol. The fraction of sp³-hybridized carbons (Fsp3) is 0.241. The molecule has 2 aromatic heterocycles. The SMILES string of the molecule is CN=C(C=C(N)C(C)(C)C)NC(=O)c1ccc(C)c(Nc2ncnc3cnc(NCc4ccccc4)nc23)c1. The van der Waals surface area contributed by atoms with Gasteiger partial charge in [0.25, 0.3) is 5.91 Å². The maximum Gasteiger partial charge on any atom is 0.256 e. The summed E-state index contributed by atoms with van der Waals surface area (Å²) in [5.41, 5.74) is 10.9. The third-order valence-electron chi connectivity index (χ3n) is 6.06. The fourth-order valence-electron chi connectivity index (χ4n) is 3.54. The number of amidine groups is 1. The van der Waals surface area contributed by atoms with Crippen LogP contribution in [0.1, 0.15) is 42.3 Å². The number of nitrogens with zero attached hydrogens (tertiary/aromatic N) is 5. The molecule has 0 bridgehead atoms. The molecule has 39 heavy (non-hydrogen) atoms. The first kappa shape index (κ1) is 27.2. The van der Waals surface area contributed by atoms with E-state index in [-0.39, 0.29) is 11.3 Å². The highest BCUT2D eigenvalue weighted by Gasteiger charge is 2.16. The van der Waals surface area contributed by atoms with Gasteiger partial charge in [-0.05, 0) is 36.3 Å². The largest absolute Gasteiger partial charge is 0.401 e. The highest BCUT2D eigenvalue weighted by molar-refractivity contribution is 6.10. The van der Waals surface area contributed by atoms with E-state index in [9.17, 15) is 4.79 Å². The molecule has 1 amide bonds. The lowest BCUT2D eigenvalue weighted by atomic mass is 9.92. The van der Waals surface area contributed by atoms with E-state index in [2.05, 4.69) is 40.9 Å². The van der Waals surface area contributed by atoms with Crippen molar-refractivity contribution in [2.24, 2.45) is 16.1 Å². The lowest BCUT2D eigenvalue weighted by Gasteiger charge is -2.19. The standard InChI is InChI=1S/C29H33N9O/c1-18-11-12-20(27(39)37-24(31-5)14-23(30)29(2,3)4)13-21(18)36-26-25-22(34-17-35-26)16-33-28(38-25)32-15-19-9-7-6-8-10-19/h6-14,16-17H,15,30H2,1-5H3,(H,31,37,39)(H,32,33,38)(H,34,35,36). The number of nitrogens with one attached hydrogen (secondary N) is 3. The summed E-state index contributed by atoms with van der Waals surface area (Å²) in [6, 6.07) is 15.4. The molecule has 0 saturated carbocycles. The van der Waals surface area contributed by atoms with Crippen LogP contribution in [0, 0.1) is 12.3 Å². The van der Waals surface area contributed by atoms with Crippen molar-refractivity contribution < 1.29 is 4.79 Å². The first-order valence-corrected chi connectivity index (χ1v) is 12.5. The monoisotopic (exact) mass is 523 g/mol. The molecule has 0 spiro atoms. The number of nitrogens with two attached hydrogens (primary N) is 1. The Morgan fingerprint density at radius 2 is 1.85 bits per heavy atom. The summed E-state index contributed by atoms with van der Waals surface area (Å²) in [5.74, 6) is 1.04. The van der Waals surface area contributed by atoms with Gasteiger partial charge in [-0.1, -0.05) is 57.2 Å². The molecule has 0 radical (unpaired) electrons. The number of aryl methyl sites for hydroxylation is 1. The van der Waals surface area contributed by atoms with Crippen molar-refractivity contribution in [1.82, 2.24) is 25.3 Å². The molecule has 0 unspecified atom stereocenters. The Hall–Kier alpha value is -4.86. The van der Waals surface area contributed by atoms with Gasteiger partial charge in [0.05, 0.1) is 6.20 Å². The Morgan fingerprint density at radius 3 is 2.56 bits per heavy atom. The number of benzene rings is 2. The van der Waals surface area contributed by atoms with Crippen LogP contribution in [0.4, 0.5) is 17.5 Å². The van der Waals surface area contributed by atoms with Gasteiger partial charge in [0.15, 0.2) is 5.82 Å². The number of hydrogen-bond donors (Lipinski definition) is 4. The van der Waals surface area contributed by atoms with Crippen molar-refractivity contribution in [3.05, 3.63) is 89.5 Å². The van der Waals surface area contributed by atoms with Crippen molar-refractivity contribution in [2.75, 3.05) is 17.7 Å². The van der Waals surface area contributed by atoms with Crippen LogP contribution in [0.3, 0.4) is 0 Å². The van der Waals surface area contributed by atoms with Crippen LogP contribution in [-0.4, -0.2) is 38.7 Å². The van der Waals surface area contributed by atoms with Crippen LogP contribution >= 0.6 is 0 Å². The van der Waals surface area contributed by atoms with E-state index in [1.807, 2.05) is 64.1 Å². The summed E-state index contributed by atoms with van der Waals surface area (Å²) in [4.78, 5) is 35.0. The summed E-state index contributed by atoms with van der Waals surface area (Å²) in [6.45, 7) is 8.52. The first-order valence-electron chi connectivity index (χ1n) is 12.5. The second-order valence-corrected chi connectivity index (χ2v) is 10.1. The molecule has 0 fully saturated rings. The molecule has 0 aliphatic carbocycles. The van der Waals surface area contributed by atoms with Crippen LogP contribution < -0.4 is 21.7 Å². The Morgan fingerprint density at radius 1 is 1.08 bits per heavy atom. The maximum absolute atomic E-state index is 13.1. The average Bonchev–Trinajstić information content (AvgIpc) is 2.92. The van der Waals surface area contributed by atoms with Gasteiger partial charge in [-0.3, -0.25) is 9.79 Å². The highest BCUT2D eigenvalue weighted by atomic mass is 16.1. The topological polar surface area (TPSA) is 143 Å². The molecular weight excluding hydrogens is 490 g/mol. The average molecular weight is 524 g/mol. The fourth-order valence-corrected chi connectivity index (χ4v) is 3.54. The molecule has 4 aromatic rings. The summed E-state index contributed by atoms with van der Waals surface area (Å²) in [7, 11) is 1.61. The minimum absolute atomic E-state index is 0.248. The summed E-state index contributed by atoms with van der Waals surface area (Å²) in [6.07, 6.45) is 4.79. The van der Waals surface area contributed by atoms with Crippen molar-refractivity contribution in [1.29, 1.82) is 0 Å². The summed E-state index contributed by atoms with van der Waals surface area (Å²) < 4.78 is 0. The molecule has 200 valence electrons. The quantitative estimate of drug-likeness (QED) is 0.201. The number of hydrogen-bond acceptors (Lipinski definition) is 9. The second-order valence-electron chi connectivity index (χ2n) is 10.1. The van der Waals surface area contributed by atoms with Gasteiger partial charge in [-0.25, -0.2) is 19.9 Å². The number of allylic oxidation sites excluding steroid dienone is 1. The van der Waals surface area contributed by atoms with E-state index in [1.165, 1.54) is 6.33 Å². The molecule has 0 aliphatic rings. The predicted octanol–water partition coefficient (Wildman–Crippen LogP) is 4.73. The first-order chi connectivity index (χ1) is 18.6. The van der Waals surface area contributed by atoms with Crippen LogP contribution in [0.2, 0.25) is 0 Å². The minimum Gasteiger partial charge on any atom is -0.401 e. The zero-order valence-electron chi connectivity index (χ0n) is 22.8. The number of fused-ring (bicyclic) bond motifs is 1. The van der Waals surface area contributed by atoms with Crippen molar-refractivity contribution in [2.45, 2.75) is 34.2 Å². The van der Waals surface area contributed by atoms with E-state index in [0.29, 0.717) is 52.1 Å². The van der Waals surface area contributed by atoms with E-state index in [1.54, 1.807) is 31.5 Å². The zero-order chi connectivity index (χ0) is 28.0. The van der Waals surface area contributed by atoms with E-state index in [4.69, 9.17) is 5.73 Å². The lowest BCUT2D eigenvalue weighted by molar-refractivity contribution is 0.0977. The Labute approximate surface area is 227 Å². The van der Waals surface area contributed by atoms with Crippen LogP contribution in [0.25, 0.3) is 11.0 Å². The minimum atomic E-state index is -0.307. The summed E-state index contributed by atoms with van der Waals surface area (Å²) in [5, 5.41) is 9.40. The highest BCUT2D eigenvalue weighted by Crippen LogP contribution is 2.25. The van der Waals surface area contributed by atoms with Crippen LogP contribution in [-0.2, 0) is 6.54 Å². The van der Waals surface area contributed by atoms with E-state index in [0.717, 1.165) is 11.1 Å². The number of anilines is 3. The van der Waals surface area contributed by atoms with Crippen LogP contribution in [0.15, 0.2) is 77.8 Å². The smallest absolute Gasteiger partial charge is 0.256 e. The zero-order valence-corrected chi connectivity index (χ0v) is 22.8. The van der Waals surface area contributed by atoms with Crippen LogP contribution in [0.5, 0.6) is 0 Å². The number of aromatic nitrogens is 4. The molecular formula is C29H33N9O. The van der Waals surface area contributed by atoms with Crippen molar-refractivity contribution >= 4 is 40.2 Å². The molecule has 2 aromatic carbocycles. The molecule has 0 atom stereocenters. The van der Waals surface area contributed by atoms with Gasteiger partial charge < -0.3 is 21.7 Å². The van der Waals surface area contributed by atoms with Gasteiger partial charge in [0.2, 0.25) is 5.95 Å². The number of amides is 1. The summed E-state index contributed by atoms with van der Waals surface area (Å²) >= 11 is 0. The molecule has 0 saturated heterocycles. The van der Waals surface area contributed by atoms with Gasteiger partial charge in [0.1, 0.15) is 23.2 Å². The third-order valence-corrected chi connectivity index (χ3v) is 6.06. The number of rotatable bonds is 7. The lowest BCUT2D eigenvalue weighted by Crippen LogP contribution is -2.31. The molecule has 4 rings (SSSR count). The second kappa shape index (κ2) is 11.7. The molecule has 10 heteroatoms. The normalized spacial score (nSPS) is 12.3. The third kappa shape index (κ3) is 6.92. The van der Waals surface area contributed by atoms with E-state index < -0.39 is 0 Å². The number of carbonyl (C=O) groups excluding carboxylic acids is 1. The number of aliphatic imine (C=N–C) groups is 1.